The van der Waals surface area contributed by atoms with E-state index in [4.69, 9.17) is 4.74 Å². The van der Waals surface area contributed by atoms with E-state index in [-0.39, 0.29) is 10.8 Å². The molecule has 0 aliphatic heterocycles. The fraction of sp³-hybridized carbons (Fsp3) is 0.833. The van der Waals surface area contributed by atoms with Crippen LogP contribution in [-0.4, -0.2) is 24.8 Å². The number of unbranched alkanes of at least 4 members (excludes halogenated alkanes) is 2. The fourth-order valence-electron chi connectivity index (χ4n) is 7.11. The Balaban J connectivity index is 1.52. The van der Waals surface area contributed by atoms with Crippen molar-refractivity contribution in [2.24, 2.45) is 28.6 Å². The van der Waals surface area contributed by atoms with Crippen LogP contribution in [0.25, 0.3) is 0 Å². The summed E-state index contributed by atoms with van der Waals surface area (Å²) in [4.78, 5) is 24.9. The third-order valence-corrected chi connectivity index (χ3v) is 8.66. The quantitative estimate of drug-likeness (QED) is 0.596. The average molecular weight is 373 g/mol. The van der Waals surface area contributed by atoms with Gasteiger partial charge in [0, 0.05) is 19.4 Å². The molecule has 0 spiro atoms. The maximum Gasteiger partial charge on any atom is 0.155 e. The molecule has 0 aromatic heterocycles. The van der Waals surface area contributed by atoms with E-state index in [1.165, 1.54) is 18.4 Å². The molecule has 0 aromatic rings. The van der Waals surface area contributed by atoms with Crippen molar-refractivity contribution in [2.45, 2.75) is 84.5 Å². The lowest BCUT2D eigenvalue weighted by atomic mass is 9.47. The predicted octanol–water partition coefficient (Wildman–Crippen LogP) is 5.27. The number of allylic oxidation sites excluding steroid dienone is 1. The van der Waals surface area contributed by atoms with E-state index in [2.05, 4.69) is 13.8 Å². The number of rotatable bonds is 6. The maximum atomic E-state index is 13.0. The summed E-state index contributed by atoms with van der Waals surface area (Å²) >= 11 is 0. The Labute approximate surface area is 164 Å². The van der Waals surface area contributed by atoms with E-state index in [0.717, 1.165) is 58.0 Å². The average Bonchev–Trinajstić information content (AvgIpc) is 2.99. The summed E-state index contributed by atoms with van der Waals surface area (Å²) in [5, 5.41) is 0. The van der Waals surface area contributed by atoms with Crippen molar-refractivity contribution in [3.63, 3.8) is 0 Å². The highest BCUT2D eigenvalue weighted by molar-refractivity contribution is 5.91. The van der Waals surface area contributed by atoms with Gasteiger partial charge in [-0.1, -0.05) is 32.3 Å². The van der Waals surface area contributed by atoms with Gasteiger partial charge in [-0.05, 0) is 74.2 Å². The maximum absolute atomic E-state index is 13.0. The molecular weight excluding hydrogens is 336 g/mol. The van der Waals surface area contributed by atoms with E-state index in [0.29, 0.717) is 42.3 Å². The Morgan fingerprint density at radius 2 is 1.89 bits per heavy atom. The van der Waals surface area contributed by atoms with E-state index in [9.17, 15) is 9.59 Å². The highest BCUT2D eigenvalue weighted by Gasteiger charge is 2.60. The molecule has 0 aromatic carbocycles. The second-order valence-electron chi connectivity index (χ2n) is 9.89. The van der Waals surface area contributed by atoms with Crippen LogP contribution in [0, 0.1) is 28.6 Å². The standard InChI is InChI=1S/C24H36O3/c1-3-4-5-14-27-16-24-13-11-20-19(21(24)8-9-22(24)26)7-6-17-15-18(25)10-12-23(17,20)2/h15,19-21H,3-14,16H2,1-2H3/t19-,20+,21+,23+,24-/m1/s1. The molecule has 0 amide bonds. The molecule has 5 atom stereocenters. The largest absolute Gasteiger partial charge is 0.380 e. The third kappa shape index (κ3) is 3.14. The van der Waals surface area contributed by atoms with Crippen molar-refractivity contribution < 1.29 is 14.3 Å². The SMILES string of the molecule is CCCCCOC[C@]12CC[C@H]3[C@@H](CCC4=CC(=O)CC[C@@]43C)[C@@H]1CCC2=O. The number of hydrogen-bond donors (Lipinski definition) is 0. The van der Waals surface area contributed by atoms with Crippen LogP contribution in [0.2, 0.25) is 0 Å². The molecule has 4 aliphatic rings. The van der Waals surface area contributed by atoms with Gasteiger partial charge in [-0.15, -0.1) is 0 Å². The van der Waals surface area contributed by atoms with Crippen LogP contribution in [0.5, 0.6) is 0 Å². The van der Waals surface area contributed by atoms with Gasteiger partial charge < -0.3 is 4.74 Å². The summed E-state index contributed by atoms with van der Waals surface area (Å²) < 4.78 is 6.10. The zero-order valence-corrected chi connectivity index (χ0v) is 17.2. The van der Waals surface area contributed by atoms with Crippen molar-refractivity contribution in [1.82, 2.24) is 0 Å². The molecule has 3 heteroatoms. The van der Waals surface area contributed by atoms with Crippen molar-refractivity contribution in [1.29, 1.82) is 0 Å². The molecule has 3 fully saturated rings. The summed E-state index contributed by atoms with van der Waals surface area (Å²) in [6.07, 6.45) is 13.4. The first-order chi connectivity index (χ1) is 13.0. The van der Waals surface area contributed by atoms with E-state index >= 15 is 0 Å². The minimum atomic E-state index is -0.199. The van der Waals surface area contributed by atoms with E-state index in [1.54, 1.807) is 0 Å². The van der Waals surface area contributed by atoms with Crippen LogP contribution in [-0.2, 0) is 14.3 Å². The molecule has 4 rings (SSSR count). The highest BCUT2D eigenvalue weighted by atomic mass is 16.5. The van der Waals surface area contributed by atoms with Gasteiger partial charge in [0.1, 0.15) is 5.78 Å². The predicted molar refractivity (Wildman–Crippen MR) is 106 cm³/mol. The summed E-state index contributed by atoms with van der Waals surface area (Å²) in [5.41, 5.74) is 1.40. The van der Waals surface area contributed by atoms with E-state index < -0.39 is 0 Å². The summed E-state index contributed by atoms with van der Waals surface area (Å²) in [7, 11) is 0. The summed E-state index contributed by atoms with van der Waals surface area (Å²) in [6.45, 7) is 6.08. The van der Waals surface area contributed by atoms with Crippen molar-refractivity contribution in [2.75, 3.05) is 13.2 Å². The lowest BCUT2D eigenvalue weighted by molar-refractivity contribution is -0.141. The second kappa shape index (κ2) is 7.46. The molecule has 0 unspecified atom stereocenters. The summed E-state index contributed by atoms with van der Waals surface area (Å²) in [6, 6.07) is 0. The minimum absolute atomic E-state index is 0.191. The topological polar surface area (TPSA) is 43.4 Å². The van der Waals surface area contributed by atoms with Crippen LogP contribution < -0.4 is 0 Å². The van der Waals surface area contributed by atoms with Gasteiger partial charge in [0.05, 0.1) is 12.0 Å². The Hall–Kier alpha value is -0.960. The number of fused-ring (bicyclic) bond motifs is 5. The zero-order chi connectivity index (χ0) is 19.1. The molecule has 27 heavy (non-hydrogen) atoms. The van der Waals surface area contributed by atoms with Gasteiger partial charge in [0.25, 0.3) is 0 Å². The molecule has 0 bridgehead atoms. The van der Waals surface area contributed by atoms with Crippen molar-refractivity contribution in [3.8, 4) is 0 Å². The van der Waals surface area contributed by atoms with Gasteiger partial charge >= 0.3 is 0 Å². The van der Waals surface area contributed by atoms with Gasteiger partial charge in [-0.3, -0.25) is 9.59 Å². The molecule has 150 valence electrons. The zero-order valence-electron chi connectivity index (χ0n) is 17.2. The van der Waals surface area contributed by atoms with Crippen LogP contribution in [0.3, 0.4) is 0 Å². The molecule has 3 saturated carbocycles. The number of ketones is 2. The first-order valence-electron chi connectivity index (χ1n) is 11.4. The highest BCUT2D eigenvalue weighted by Crippen LogP contribution is 2.64. The first-order valence-corrected chi connectivity index (χ1v) is 11.4. The van der Waals surface area contributed by atoms with E-state index in [1.807, 2.05) is 6.08 Å². The number of Topliss-reactive ketones (excluding diaryl/α,β-unsaturated/α-hetero) is 1. The number of carbonyl (C=O) groups is 2. The van der Waals surface area contributed by atoms with Crippen LogP contribution >= 0.6 is 0 Å². The molecule has 0 heterocycles. The molecular formula is C24H36O3. The normalized spacial score (nSPS) is 41.0. The van der Waals surface area contributed by atoms with Gasteiger partial charge in [-0.2, -0.15) is 0 Å². The van der Waals surface area contributed by atoms with Crippen molar-refractivity contribution >= 4 is 11.6 Å². The molecule has 0 radical (unpaired) electrons. The monoisotopic (exact) mass is 372 g/mol. The smallest absolute Gasteiger partial charge is 0.155 e. The lowest BCUT2D eigenvalue weighted by Gasteiger charge is -2.57. The van der Waals surface area contributed by atoms with Crippen LogP contribution in [0.1, 0.15) is 84.5 Å². The lowest BCUT2D eigenvalue weighted by Crippen LogP contribution is -2.53. The number of carbonyl (C=O) groups excluding carboxylic acids is 2. The summed E-state index contributed by atoms with van der Waals surface area (Å²) in [5.74, 6) is 2.59. The second-order valence-corrected chi connectivity index (χ2v) is 9.89. The Kier molecular flexibility index (Phi) is 5.35. The van der Waals surface area contributed by atoms with Gasteiger partial charge in [-0.25, -0.2) is 0 Å². The van der Waals surface area contributed by atoms with Crippen LogP contribution in [0.15, 0.2) is 11.6 Å². The number of ether oxygens (including phenoxy) is 1. The van der Waals surface area contributed by atoms with Gasteiger partial charge in [0.15, 0.2) is 5.78 Å². The molecule has 3 nitrogen and oxygen atoms in total. The van der Waals surface area contributed by atoms with Crippen LogP contribution in [0.4, 0.5) is 0 Å². The van der Waals surface area contributed by atoms with Gasteiger partial charge in [0.2, 0.25) is 0 Å². The Morgan fingerprint density at radius 1 is 1.04 bits per heavy atom. The Morgan fingerprint density at radius 3 is 2.70 bits per heavy atom. The third-order valence-electron chi connectivity index (χ3n) is 8.66. The minimum Gasteiger partial charge on any atom is -0.380 e. The molecule has 0 N–H and O–H groups in total. The number of hydrogen-bond acceptors (Lipinski definition) is 3. The fourth-order valence-corrected chi connectivity index (χ4v) is 7.11. The molecule has 4 aliphatic carbocycles. The Bertz CT molecular complexity index is 636. The first kappa shape index (κ1) is 19.4. The molecule has 0 saturated heterocycles. The van der Waals surface area contributed by atoms with Crippen molar-refractivity contribution in [3.05, 3.63) is 11.6 Å².